The Kier molecular flexibility index (Phi) is 4.29. The Morgan fingerprint density at radius 2 is 1.95 bits per heavy atom. The molecule has 0 atom stereocenters. The summed E-state index contributed by atoms with van der Waals surface area (Å²) in [6.45, 7) is 5.56. The van der Waals surface area contributed by atoms with Gasteiger partial charge < -0.3 is 15.8 Å². The molecule has 0 aliphatic carbocycles. The summed E-state index contributed by atoms with van der Waals surface area (Å²) in [6.07, 6.45) is 0. The summed E-state index contributed by atoms with van der Waals surface area (Å²) in [5.74, 6) is 0.808. The lowest BCUT2D eigenvalue weighted by molar-refractivity contribution is 0.333. The first-order chi connectivity index (χ1) is 9.15. The van der Waals surface area contributed by atoms with Crippen LogP contribution in [-0.2, 0) is 0 Å². The Balaban J connectivity index is 1.82. The lowest BCUT2D eigenvalue weighted by Crippen LogP contribution is -2.12. The maximum atomic E-state index is 5.69. The van der Waals surface area contributed by atoms with Crippen molar-refractivity contribution in [3.63, 3.8) is 0 Å². The molecule has 0 amide bonds. The lowest BCUT2D eigenvalue weighted by atomic mass is 10.1. The second-order valence-electron chi connectivity index (χ2n) is 4.67. The van der Waals surface area contributed by atoms with E-state index in [0.29, 0.717) is 6.61 Å². The van der Waals surface area contributed by atoms with Crippen molar-refractivity contribution >= 4 is 11.4 Å². The average molecular weight is 256 g/mol. The number of ether oxygens (including phenoxy) is 1. The van der Waals surface area contributed by atoms with Crippen molar-refractivity contribution in [2.75, 3.05) is 24.2 Å². The molecule has 0 aliphatic heterocycles. The third-order valence-corrected chi connectivity index (χ3v) is 2.94. The van der Waals surface area contributed by atoms with E-state index < -0.39 is 0 Å². The van der Waals surface area contributed by atoms with Crippen LogP contribution in [0.2, 0.25) is 0 Å². The number of nitrogen functional groups attached to an aromatic ring is 1. The van der Waals surface area contributed by atoms with Gasteiger partial charge in [0.25, 0.3) is 0 Å². The first-order valence-corrected chi connectivity index (χ1v) is 6.44. The molecular formula is C16H20N2O. The number of hydrogen-bond donors (Lipinski definition) is 2. The van der Waals surface area contributed by atoms with Crippen molar-refractivity contribution in [1.82, 2.24) is 0 Å². The predicted octanol–water partition coefficient (Wildman–Crippen LogP) is 3.38. The van der Waals surface area contributed by atoms with Gasteiger partial charge in [-0.05, 0) is 43.2 Å². The molecule has 0 saturated carbocycles. The molecule has 0 unspecified atom stereocenters. The van der Waals surface area contributed by atoms with Gasteiger partial charge in [0.1, 0.15) is 12.4 Å². The Bertz CT molecular complexity index is 552. The number of aryl methyl sites for hydroxylation is 2. The van der Waals surface area contributed by atoms with E-state index in [9.17, 15) is 0 Å². The predicted molar refractivity (Wildman–Crippen MR) is 80.8 cm³/mol. The molecule has 0 heterocycles. The van der Waals surface area contributed by atoms with E-state index in [1.54, 1.807) is 0 Å². The summed E-state index contributed by atoms with van der Waals surface area (Å²) in [6, 6.07) is 13.9. The molecule has 0 spiro atoms. The van der Waals surface area contributed by atoms with Gasteiger partial charge in [-0.1, -0.05) is 18.2 Å². The quantitative estimate of drug-likeness (QED) is 0.637. The van der Waals surface area contributed by atoms with E-state index in [-0.39, 0.29) is 0 Å². The van der Waals surface area contributed by atoms with Gasteiger partial charge in [-0.15, -0.1) is 0 Å². The fourth-order valence-corrected chi connectivity index (χ4v) is 1.89. The van der Waals surface area contributed by atoms with Crippen LogP contribution in [0.3, 0.4) is 0 Å². The van der Waals surface area contributed by atoms with Gasteiger partial charge in [0.15, 0.2) is 0 Å². The number of rotatable bonds is 5. The standard InChI is InChI=1S/C16H20N2O/c1-12-6-7-13(2)16(10-12)18-8-9-19-15-5-3-4-14(17)11-15/h3-7,10-11,18H,8-9,17H2,1-2H3. The summed E-state index contributed by atoms with van der Waals surface area (Å²) >= 11 is 0. The van der Waals surface area contributed by atoms with Gasteiger partial charge in [-0.2, -0.15) is 0 Å². The summed E-state index contributed by atoms with van der Waals surface area (Å²) in [5, 5.41) is 3.38. The van der Waals surface area contributed by atoms with Crippen LogP contribution in [0.1, 0.15) is 11.1 Å². The molecule has 0 saturated heterocycles. The molecule has 2 aromatic carbocycles. The van der Waals surface area contributed by atoms with E-state index in [2.05, 4.69) is 37.4 Å². The first kappa shape index (κ1) is 13.3. The number of benzene rings is 2. The maximum Gasteiger partial charge on any atom is 0.121 e. The van der Waals surface area contributed by atoms with E-state index >= 15 is 0 Å². The van der Waals surface area contributed by atoms with Crippen LogP contribution in [0.25, 0.3) is 0 Å². The smallest absolute Gasteiger partial charge is 0.121 e. The van der Waals surface area contributed by atoms with Gasteiger partial charge in [0, 0.05) is 24.0 Å². The zero-order valence-electron chi connectivity index (χ0n) is 11.4. The number of nitrogens with one attached hydrogen (secondary N) is 1. The zero-order chi connectivity index (χ0) is 13.7. The molecule has 2 aromatic rings. The third kappa shape index (κ3) is 3.91. The van der Waals surface area contributed by atoms with Crippen molar-refractivity contribution in [2.45, 2.75) is 13.8 Å². The van der Waals surface area contributed by atoms with Crippen molar-refractivity contribution < 1.29 is 4.74 Å². The Hall–Kier alpha value is -2.16. The molecule has 0 fully saturated rings. The molecule has 0 bridgehead atoms. The van der Waals surface area contributed by atoms with E-state index in [0.717, 1.165) is 23.7 Å². The van der Waals surface area contributed by atoms with Crippen LogP contribution in [0.15, 0.2) is 42.5 Å². The molecule has 3 N–H and O–H groups in total. The van der Waals surface area contributed by atoms with Gasteiger partial charge in [-0.3, -0.25) is 0 Å². The van der Waals surface area contributed by atoms with Crippen LogP contribution < -0.4 is 15.8 Å². The summed E-state index contributed by atoms with van der Waals surface area (Å²) in [7, 11) is 0. The average Bonchev–Trinajstić information content (AvgIpc) is 2.39. The van der Waals surface area contributed by atoms with Crippen LogP contribution >= 0.6 is 0 Å². The second-order valence-corrected chi connectivity index (χ2v) is 4.67. The zero-order valence-corrected chi connectivity index (χ0v) is 11.4. The highest BCUT2D eigenvalue weighted by Crippen LogP contribution is 2.17. The topological polar surface area (TPSA) is 47.3 Å². The minimum atomic E-state index is 0.608. The molecule has 100 valence electrons. The van der Waals surface area contributed by atoms with Gasteiger partial charge in [0.05, 0.1) is 0 Å². The van der Waals surface area contributed by atoms with E-state index in [1.807, 2.05) is 24.3 Å². The Morgan fingerprint density at radius 1 is 1.11 bits per heavy atom. The van der Waals surface area contributed by atoms with Gasteiger partial charge >= 0.3 is 0 Å². The second kappa shape index (κ2) is 6.14. The number of nitrogens with two attached hydrogens (primary N) is 1. The van der Waals surface area contributed by atoms with Crippen molar-refractivity contribution in [3.8, 4) is 5.75 Å². The summed E-state index contributed by atoms with van der Waals surface area (Å²) in [4.78, 5) is 0. The summed E-state index contributed by atoms with van der Waals surface area (Å²) < 4.78 is 5.64. The van der Waals surface area contributed by atoms with Crippen LogP contribution in [0, 0.1) is 13.8 Å². The first-order valence-electron chi connectivity index (χ1n) is 6.44. The number of anilines is 2. The molecule has 2 rings (SSSR count). The van der Waals surface area contributed by atoms with E-state index in [4.69, 9.17) is 10.5 Å². The minimum absolute atomic E-state index is 0.608. The molecule has 0 aromatic heterocycles. The highest BCUT2D eigenvalue weighted by atomic mass is 16.5. The Morgan fingerprint density at radius 3 is 2.74 bits per heavy atom. The fourth-order valence-electron chi connectivity index (χ4n) is 1.89. The fraction of sp³-hybridized carbons (Fsp3) is 0.250. The summed E-state index contributed by atoms with van der Waals surface area (Å²) in [5.41, 5.74) is 10.1. The van der Waals surface area contributed by atoms with E-state index in [1.165, 1.54) is 11.1 Å². The maximum absolute atomic E-state index is 5.69. The minimum Gasteiger partial charge on any atom is -0.492 e. The van der Waals surface area contributed by atoms with Gasteiger partial charge in [0.2, 0.25) is 0 Å². The van der Waals surface area contributed by atoms with Crippen molar-refractivity contribution in [1.29, 1.82) is 0 Å². The largest absolute Gasteiger partial charge is 0.492 e. The SMILES string of the molecule is Cc1ccc(C)c(NCCOc2cccc(N)c2)c1. The molecule has 0 aliphatic rings. The van der Waals surface area contributed by atoms with Crippen LogP contribution in [0.5, 0.6) is 5.75 Å². The van der Waals surface area contributed by atoms with Crippen molar-refractivity contribution in [2.24, 2.45) is 0 Å². The third-order valence-electron chi connectivity index (χ3n) is 2.94. The Labute approximate surface area is 114 Å². The molecule has 3 nitrogen and oxygen atoms in total. The van der Waals surface area contributed by atoms with Crippen LogP contribution in [-0.4, -0.2) is 13.2 Å². The molecule has 0 radical (unpaired) electrons. The molecular weight excluding hydrogens is 236 g/mol. The normalized spacial score (nSPS) is 10.2. The molecule has 19 heavy (non-hydrogen) atoms. The molecule has 3 heteroatoms. The highest BCUT2D eigenvalue weighted by molar-refractivity contribution is 5.52. The highest BCUT2D eigenvalue weighted by Gasteiger charge is 1.98. The van der Waals surface area contributed by atoms with Crippen LogP contribution in [0.4, 0.5) is 11.4 Å². The number of hydrogen-bond acceptors (Lipinski definition) is 3. The van der Waals surface area contributed by atoms with Gasteiger partial charge in [-0.25, -0.2) is 0 Å². The lowest BCUT2D eigenvalue weighted by Gasteiger charge is -2.11. The van der Waals surface area contributed by atoms with Crippen molar-refractivity contribution in [3.05, 3.63) is 53.6 Å². The monoisotopic (exact) mass is 256 g/mol.